The third kappa shape index (κ3) is 4.32. The molecule has 0 aliphatic carbocycles. The fourth-order valence-corrected chi connectivity index (χ4v) is 2.05. The Balaban J connectivity index is 2.73. The summed E-state index contributed by atoms with van der Waals surface area (Å²) >= 11 is 0. The number of hydrogen-bond donors (Lipinski definition) is 2. The SMILES string of the molecule is CCS(=O)(=O)CCOc1ccc(C)cc1B(O)O. The van der Waals surface area contributed by atoms with Gasteiger partial charge in [-0.3, -0.25) is 0 Å². The largest absolute Gasteiger partial charge is 0.493 e. The number of ether oxygens (including phenoxy) is 1. The molecule has 1 aromatic rings. The first-order valence-corrected chi connectivity index (χ1v) is 7.48. The van der Waals surface area contributed by atoms with Crippen LogP contribution in [0.15, 0.2) is 18.2 Å². The predicted octanol–water partition coefficient (Wildman–Crippen LogP) is -0.512. The average molecular weight is 272 g/mol. The van der Waals surface area contributed by atoms with E-state index in [2.05, 4.69) is 0 Å². The minimum Gasteiger partial charge on any atom is -0.493 e. The molecule has 0 atom stereocenters. The molecule has 0 amide bonds. The van der Waals surface area contributed by atoms with Gasteiger partial charge >= 0.3 is 7.12 Å². The highest BCUT2D eigenvalue weighted by Gasteiger charge is 2.17. The molecular formula is C11H17BO5S. The van der Waals surface area contributed by atoms with Gasteiger partial charge in [0, 0.05) is 11.2 Å². The van der Waals surface area contributed by atoms with Gasteiger partial charge in [0.05, 0.1) is 5.75 Å². The van der Waals surface area contributed by atoms with Gasteiger partial charge in [-0.1, -0.05) is 24.6 Å². The Bertz CT molecular complexity index is 498. The van der Waals surface area contributed by atoms with Crippen molar-refractivity contribution in [2.24, 2.45) is 0 Å². The highest BCUT2D eigenvalue weighted by atomic mass is 32.2. The second-order valence-electron chi connectivity index (χ2n) is 4.00. The molecule has 0 radical (unpaired) electrons. The molecule has 0 fully saturated rings. The van der Waals surface area contributed by atoms with Gasteiger partial charge in [0.15, 0.2) is 9.84 Å². The summed E-state index contributed by atoms with van der Waals surface area (Å²) in [7, 11) is -4.72. The first-order chi connectivity index (χ1) is 8.35. The van der Waals surface area contributed by atoms with E-state index in [0.29, 0.717) is 5.75 Å². The zero-order valence-electron chi connectivity index (χ0n) is 10.5. The van der Waals surface area contributed by atoms with Crippen molar-refractivity contribution in [2.45, 2.75) is 13.8 Å². The van der Waals surface area contributed by atoms with Crippen LogP contribution in [0.25, 0.3) is 0 Å². The first-order valence-electron chi connectivity index (χ1n) is 5.65. The van der Waals surface area contributed by atoms with E-state index in [4.69, 9.17) is 4.74 Å². The minimum atomic E-state index is -3.08. The van der Waals surface area contributed by atoms with E-state index in [-0.39, 0.29) is 23.6 Å². The van der Waals surface area contributed by atoms with Crippen molar-refractivity contribution in [3.8, 4) is 5.75 Å². The van der Waals surface area contributed by atoms with Crippen LogP contribution in [0, 0.1) is 6.92 Å². The van der Waals surface area contributed by atoms with E-state index < -0.39 is 17.0 Å². The molecule has 0 saturated heterocycles. The molecule has 0 aliphatic rings. The van der Waals surface area contributed by atoms with E-state index in [0.717, 1.165) is 5.56 Å². The van der Waals surface area contributed by atoms with Gasteiger partial charge in [0.25, 0.3) is 0 Å². The molecule has 0 unspecified atom stereocenters. The van der Waals surface area contributed by atoms with E-state index in [1.807, 2.05) is 6.92 Å². The lowest BCUT2D eigenvalue weighted by Gasteiger charge is -2.11. The quantitative estimate of drug-likeness (QED) is 0.681. The van der Waals surface area contributed by atoms with Crippen LogP contribution in [0.1, 0.15) is 12.5 Å². The second-order valence-corrected chi connectivity index (χ2v) is 6.47. The van der Waals surface area contributed by atoms with Crippen molar-refractivity contribution in [3.63, 3.8) is 0 Å². The van der Waals surface area contributed by atoms with E-state index >= 15 is 0 Å². The molecule has 2 N–H and O–H groups in total. The zero-order chi connectivity index (χ0) is 13.8. The lowest BCUT2D eigenvalue weighted by Crippen LogP contribution is -2.32. The maximum absolute atomic E-state index is 11.3. The third-order valence-corrected chi connectivity index (χ3v) is 4.20. The maximum atomic E-state index is 11.3. The average Bonchev–Trinajstić information content (AvgIpc) is 2.30. The molecule has 0 spiro atoms. The molecule has 0 aromatic heterocycles. The van der Waals surface area contributed by atoms with Crippen LogP contribution < -0.4 is 10.2 Å². The van der Waals surface area contributed by atoms with Crippen molar-refractivity contribution in [1.82, 2.24) is 0 Å². The van der Waals surface area contributed by atoms with Gasteiger partial charge in [0.1, 0.15) is 12.4 Å². The molecule has 0 heterocycles. The smallest absolute Gasteiger partial charge is 0.492 e. The normalized spacial score (nSPS) is 11.3. The lowest BCUT2D eigenvalue weighted by atomic mass is 9.79. The fourth-order valence-electron chi connectivity index (χ4n) is 1.42. The topological polar surface area (TPSA) is 83.8 Å². The van der Waals surface area contributed by atoms with Crippen molar-refractivity contribution in [1.29, 1.82) is 0 Å². The molecule has 1 aromatic carbocycles. The summed E-state index contributed by atoms with van der Waals surface area (Å²) in [5.74, 6) is 0.278. The number of sulfone groups is 1. The van der Waals surface area contributed by atoms with Crippen LogP contribution in [0.3, 0.4) is 0 Å². The third-order valence-electron chi connectivity index (χ3n) is 2.54. The zero-order valence-corrected chi connectivity index (χ0v) is 11.3. The molecule has 0 saturated carbocycles. The van der Waals surface area contributed by atoms with Gasteiger partial charge in [-0.05, 0) is 13.0 Å². The van der Waals surface area contributed by atoms with Gasteiger partial charge in [0.2, 0.25) is 0 Å². The van der Waals surface area contributed by atoms with Gasteiger partial charge in [-0.25, -0.2) is 8.42 Å². The molecule has 1 rings (SSSR count). The Morgan fingerprint density at radius 1 is 1.33 bits per heavy atom. The number of hydrogen-bond acceptors (Lipinski definition) is 5. The Hall–Kier alpha value is -1.05. The lowest BCUT2D eigenvalue weighted by molar-refractivity contribution is 0.340. The van der Waals surface area contributed by atoms with Gasteiger partial charge < -0.3 is 14.8 Å². The number of benzene rings is 1. The van der Waals surface area contributed by atoms with E-state index in [9.17, 15) is 18.5 Å². The van der Waals surface area contributed by atoms with E-state index in [1.165, 1.54) is 0 Å². The van der Waals surface area contributed by atoms with Crippen LogP contribution >= 0.6 is 0 Å². The van der Waals surface area contributed by atoms with Crippen LogP contribution in [0.4, 0.5) is 0 Å². The first kappa shape index (κ1) is 15.0. The minimum absolute atomic E-state index is 0.00104. The molecule has 7 heteroatoms. The summed E-state index contributed by atoms with van der Waals surface area (Å²) in [4.78, 5) is 0. The summed E-state index contributed by atoms with van der Waals surface area (Å²) in [5.41, 5.74) is 1.11. The fraction of sp³-hybridized carbons (Fsp3) is 0.455. The van der Waals surface area contributed by atoms with Crippen molar-refractivity contribution >= 4 is 22.4 Å². The Morgan fingerprint density at radius 3 is 2.56 bits per heavy atom. The van der Waals surface area contributed by atoms with Crippen LogP contribution in [0.5, 0.6) is 5.75 Å². The molecule has 100 valence electrons. The van der Waals surface area contributed by atoms with Crippen LogP contribution in [0.2, 0.25) is 0 Å². The summed E-state index contributed by atoms with van der Waals surface area (Å²) in [6.45, 7) is 3.39. The van der Waals surface area contributed by atoms with Gasteiger partial charge in [-0.15, -0.1) is 0 Å². The molecule has 0 bridgehead atoms. The molecular weight excluding hydrogens is 255 g/mol. The summed E-state index contributed by atoms with van der Waals surface area (Å²) < 4.78 is 27.9. The maximum Gasteiger partial charge on any atom is 0.492 e. The highest BCUT2D eigenvalue weighted by molar-refractivity contribution is 7.91. The number of rotatable bonds is 6. The Kier molecular flexibility index (Phi) is 5.19. The predicted molar refractivity (Wildman–Crippen MR) is 70.8 cm³/mol. The summed E-state index contributed by atoms with van der Waals surface area (Å²) in [6.07, 6.45) is 0. The molecule has 0 aliphatic heterocycles. The Labute approximate surface area is 107 Å². The highest BCUT2D eigenvalue weighted by Crippen LogP contribution is 2.10. The van der Waals surface area contributed by atoms with E-state index in [1.54, 1.807) is 25.1 Å². The van der Waals surface area contributed by atoms with Crippen molar-refractivity contribution in [3.05, 3.63) is 23.8 Å². The molecule has 5 nitrogen and oxygen atoms in total. The van der Waals surface area contributed by atoms with Crippen LogP contribution in [-0.2, 0) is 9.84 Å². The second kappa shape index (κ2) is 6.22. The van der Waals surface area contributed by atoms with Crippen molar-refractivity contribution in [2.75, 3.05) is 18.1 Å². The van der Waals surface area contributed by atoms with Crippen LogP contribution in [-0.4, -0.2) is 43.7 Å². The summed E-state index contributed by atoms with van der Waals surface area (Å²) in [5, 5.41) is 18.4. The summed E-state index contributed by atoms with van der Waals surface area (Å²) in [6, 6.07) is 4.95. The Morgan fingerprint density at radius 2 is 2.00 bits per heavy atom. The van der Waals surface area contributed by atoms with Crippen molar-refractivity contribution < 1.29 is 23.2 Å². The number of aryl methyl sites for hydroxylation is 1. The van der Waals surface area contributed by atoms with Gasteiger partial charge in [-0.2, -0.15) is 0 Å². The molecule has 18 heavy (non-hydrogen) atoms. The monoisotopic (exact) mass is 272 g/mol. The standard InChI is InChI=1S/C11H17BO5S/c1-3-18(15,16)7-6-17-11-5-4-9(2)8-10(11)12(13)14/h4-5,8,13-14H,3,6-7H2,1-2H3.